The molecule has 0 unspecified atom stereocenters. The maximum Gasteiger partial charge on any atom is 0.226 e. The number of aromatic nitrogens is 4. The SMILES string of the molecule is CCCCCn1c(-c2ccco2)nc2c(N)nc(NCCc3ccccc3)nc21. The van der Waals surface area contributed by atoms with E-state index in [9.17, 15) is 0 Å². The molecule has 0 saturated heterocycles. The molecular formula is C22H26N6O. The van der Waals surface area contributed by atoms with Crippen molar-refractivity contribution in [3.8, 4) is 11.6 Å². The third kappa shape index (κ3) is 4.23. The van der Waals surface area contributed by atoms with Crippen LogP contribution in [0.25, 0.3) is 22.7 Å². The van der Waals surface area contributed by atoms with Gasteiger partial charge < -0.3 is 20.0 Å². The molecule has 0 atom stereocenters. The first kappa shape index (κ1) is 19.0. The van der Waals surface area contributed by atoms with Gasteiger partial charge in [0.25, 0.3) is 0 Å². The second kappa shape index (κ2) is 8.77. The number of nitrogen functional groups attached to an aromatic ring is 1. The van der Waals surface area contributed by atoms with Gasteiger partial charge in [0.05, 0.1) is 6.26 Å². The highest BCUT2D eigenvalue weighted by Crippen LogP contribution is 2.28. The van der Waals surface area contributed by atoms with E-state index in [0.29, 0.717) is 23.0 Å². The summed E-state index contributed by atoms with van der Waals surface area (Å²) in [5.41, 5.74) is 8.85. The molecule has 0 saturated carbocycles. The largest absolute Gasteiger partial charge is 0.461 e. The summed E-state index contributed by atoms with van der Waals surface area (Å²) in [5, 5.41) is 3.30. The van der Waals surface area contributed by atoms with Crippen molar-refractivity contribution in [2.24, 2.45) is 0 Å². The third-order valence-corrected chi connectivity index (χ3v) is 4.89. The molecule has 0 aliphatic carbocycles. The predicted octanol–water partition coefficient (Wildman–Crippen LogP) is 4.51. The fraction of sp³-hybridized carbons (Fsp3) is 0.318. The lowest BCUT2D eigenvalue weighted by Gasteiger charge is -2.09. The van der Waals surface area contributed by atoms with Crippen LogP contribution in [0.3, 0.4) is 0 Å². The van der Waals surface area contributed by atoms with Gasteiger partial charge in [0.15, 0.2) is 28.6 Å². The Labute approximate surface area is 170 Å². The Morgan fingerprint density at radius 1 is 1.03 bits per heavy atom. The van der Waals surface area contributed by atoms with Crippen molar-refractivity contribution in [1.29, 1.82) is 0 Å². The number of nitrogens with zero attached hydrogens (tertiary/aromatic N) is 4. The molecule has 0 bridgehead atoms. The fourth-order valence-corrected chi connectivity index (χ4v) is 3.39. The van der Waals surface area contributed by atoms with E-state index in [2.05, 4.69) is 33.9 Å². The molecule has 3 heterocycles. The van der Waals surface area contributed by atoms with E-state index in [1.54, 1.807) is 6.26 Å². The molecule has 0 fully saturated rings. The van der Waals surface area contributed by atoms with Crippen LogP contribution in [0.5, 0.6) is 0 Å². The monoisotopic (exact) mass is 390 g/mol. The lowest BCUT2D eigenvalue weighted by Crippen LogP contribution is -2.10. The van der Waals surface area contributed by atoms with Crippen molar-refractivity contribution < 1.29 is 4.42 Å². The topological polar surface area (TPSA) is 94.8 Å². The van der Waals surface area contributed by atoms with Crippen LogP contribution in [-0.2, 0) is 13.0 Å². The molecule has 150 valence electrons. The average Bonchev–Trinajstić information content (AvgIpc) is 3.38. The molecule has 0 radical (unpaired) electrons. The van der Waals surface area contributed by atoms with Crippen LogP contribution in [0.15, 0.2) is 53.1 Å². The Morgan fingerprint density at radius 3 is 2.66 bits per heavy atom. The number of unbranched alkanes of at least 4 members (excludes halogenated alkanes) is 2. The Balaban J connectivity index is 1.62. The molecule has 1 aromatic carbocycles. The van der Waals surface area contributed by atoms with E-state index in [-0.39, 0.29) is 0 Å². The second-order valence-corrected chi connectivity index (χ2v) is 7.04. The molecule has 4 aromatic rings. The minimum absolute atomic E-state index is 0.374. The second-order valence-electron chi connectivity index (χ2n) is 7.04. The van der Waals surface area contributed by atoms with Gasteiger partial charge in [-0.15, -0.1) is 0 Å². The summed E-state index contributed by atoms with van der Waals surface area (Å²) in [4.78, 5) is 13.8. The number of aryl methyl sites for hydroxylation is 1. The zero-order chi connectivity index (χ0) is 20.1. The summed E-state index contributed by atoms with van der Waals surface area (Å²) < 4.78 is 7.68. The van der Waals surface area contributed by atoms with Crippen LogP contribution in [0.2, 0.25) is 0 Å². The van der Waals surface area contributed by atoms with Crippen molar-refractivity contribution in [2.75, 3.05) is 17.6 Å². The van der Waals surface area contributed by atoms with Gasteiger partial charge >= 0.3 is 0 Å². The summed E-state index contributed by atoms with van der Waals surface area (Å²) in [7, 11) is 0. The number of imidazole rings is 1. The molecule has 0 aliphatic heterocycles. The molecule has 7 heteroatoms. The highest BCUT2D eigenvalue weighted by molar-refractivity contribution is 5.86. The third-order valence-electron chi connectivity index (χ3n) is 4.89. The number of nitrogens with one attached hydrogen (secondary N) is 1. The van der Waals surface area contributed by atoms with E-state index in [1.165, 1.54) is 5.56 Å². The molecule has 3 aromatic heterocycles. The van der Waals surface area contributed by atoms with Gasteiger partial charge in [0, 0.05) is 13.1 Å². The molecule has 0 spiro atoms. The molecule has 0 amide bonds. The molecule has 3 N–H and O–H groups in total. The number of hydrogen-bond acceptors (Lipinski definition) is 6. The van der Waals surface area contributed by atoms with Crippen molar-refractivity contribution in [1.82, 2.24) is 19.5 Å². The minimum atomic E-state index is 0.374. The van der Waals surface area contributed by atoms with E-state index in [1.807, 2.05) is 30.3 Å². The van der Waals surface area contributed by atoms with Crippen LogP contribution in [-0.4, -0.2) is 26.1 Å². The summed E-state index contributed by atoms with van der Waals surface area (Å²) in [6, 6.07) is 14.1. The van der Waals surface area contributed by atoms with Crippen LogP contribution < -0.4 is 11.1 Å². The number of fused-ring (bicyclic) bond motifs is 1. The lowest BCUT2D eigenvalue weighted by atomic mass is 10.1. The smallest absolute Gasteiger partial charge is 0.226 e. The molecule has 4 rings (SSSR count). The Kier molecular flexibility index (Phi) is 5.74. The van der Waals surface area contributed by atoms with Gasteiger partial charge in [0.1, 0.15) is 0 Å². The van der Waals surface area contributed by atoms with Crippen molar-refractivity contribution in [3.63, 3.8) is 0 Å². The fourth-order valence-electron chi connectivity index (χ4n) is 3.39. The van der Waals surface area contributed by atoms with E-state index in [4.69, 9.17) is 20.1 Å². The van der Waals surface area contributed by atoms with Crippen LogP contribution in [0.1, 0.15) is 31.7 Å². The van der Waals surface area contributed by atoms with Gasteiger partial charge in [-0.2, -0.15) is 9.97 Å². The zero-order valence-electron chi connectivity index (χ0n) is 16.6. The highest BCUT2D eigenvalue weighted by Gasteiger charge is 2.19. The normalized spacial score (nSPS) is 11.2. The van der Waals surface area contributed by atoms with Crippen molar-refractivity contribution in [3.05, 3.63) is 54.3 Å². The van der Waals surface area contributed by atoms with Crippen LogP contribution >= 0.6 is 0 Å². The lowest BCUT2D eigenvalue weighted by molar-refractivity contribution is 0.560. The van der Waals surface area contributed by atoms with Gasteiger partial charge in [0.2, 0.25) is 5.95 Å². The maximum atomic E-state index is 6.23. The Bertz CT molecular complexity index is 1060. The number of anilines is 2. The Hall–Kier alpha value is -3.35. The first-order valence-electron chi connectivity index (χ1n) is 10.1. The van der Waals surface area contributed by atoms with E-state index < -0.39 is 0 Å². The van der Waals surface area contributed by atoms with Crippen molar-refractivity contribution in [2.45, 2.75) is 39.2 Å². The Morgan fingerprint density at radius 2 is 1.90 bits per heavy atom. The first-order valence-corrected chi connectivity index (χ1v) is 10.1. The number of rotatable bonds is 9. The van der Waals surface area contributed by atoms with Gasteiger partial charge in [-0.05, 0) is 30.5 Å². The highest BCUT2D eigenvalue weighted by atomic mass is 16.3. The zero-order valence-corrected chi connectivity index (χ0v) is 16.6. The summed E-state index contributed by atoms with van der Waals surface area (Å²) in [6.07, 6.45) is 5.86. The van der Waals surface area contributed by atoms with E-state index >= 15 is 0 Å². The maximum absolute atomic E-state index is 6.23. The molecule has 0 aliphatic rings. The quantitative estimate of drug-likeness (QED) is 0.408. The van der Waals surface area contributed by atoms with Gasteiger partial charge in [-0.3, -0.25) is 0 Å². The van der Waals surface area contributed by atoms with Gasteiger partial charge in [-0.25, -0.2) is 4.98 Å². The summed E-state index contributed by atoms with van der Waals surface area (Å²) in [6.45, 7) is 3.72. The van der Waals surface area contributed by atoms with Gasteiger partial charge in [-0.1, -0.05) is 50.1 Å². The standard InChI is InChI=1S/C22H26N6O/c1-2-3-7-14-28-20(17-11-8-15-29-17)25-18-19(23)26-22(27-21(18)28)24-13-12-16-9-5-4-6-10-16/h4-6,8-11,15H,2-3,7,12-14H2,1H3,(H3,23,24,26,27). The number of furan rings is 1. The number of benzene rings is 1. The molecule has 29 heavy (non-hydrogen) atoms. The number of nitrogens with two attached hydrogens (primary N) is 1. The predicted molar refractivity (Wildman–Crippen MR) is 116 cm³/mol. The average molecular weight is 390 g/mol. The van der Waals surface area contributed by atoms with E-state index in [0.717, 1.165) is 50.2 Å². The molecular weight excluding hydrogens is 364 g/mol. The van der Waals surface area contributed by atoms with Crippen LogP contribution in [0, 0.1) is 0 Å². The summed E-state index contributed by atoms with van der Waals surface area (Å²) >= 11 is 0. The minimum Gasteiger partial charge on any atom is -0.461 e. The van der Waals surface area contributed by atoms with Crippen LogP contribution in [0.4, 0.5) is 11.8 Å². The van der Waals surface area contributed by atoms with Crippen molar-refractivity contribution >= 4 is 22.9 Å². The first-order chi connectivity index (χ1) is 14.3. The summed E-state index contributed by atoms with van der Waals surface area (Å²) in [5.74, 6) is 2.34. The molecule has 7 nitrogen and oxygen atoms in total. The number of hydrogen-bond donors (Lipinski definition) is 2.